The summed E-state index contributed by atoms with van der Waals surface area (Å²) in [5, 5.41) is 32.7. The van der Waals surface area contributed by atoms with Crippen LogP contribution in [0.4, 0.5) is 5.95 Å². The van der Waals surface area contributed by atoms with Gasteiger partial charge in [-0.15, -0.1) is 0 Å². The molecule has 1 saturated heterocycles. The first kappa shape index (κ1) is 19.4. The van der Waals surface area contributed by atoms with Crippen LogP contribution in [-0.4, -0.2) is 72.5 Å². The van der Waals surface area contributed by atoms with E-state index in [9.17, 15) is 24.9 Å². The third-order valence-corrected chi connectivity index (χ3v) is 4.39. The Morgan fingerprint density at radius 1 is 1.56 bits per heavy atom. The van der Waals surface area contributed by atoms with Gasteiger partial charge in [-0.3, -0.25) is 24.5 Å². The minimum Gasteiger partial charge on any atom is -0.394 e. The predicted octanol–water partition coefficient (Wildman–Crippen LogP) is -1.70. The first-order valence-corrected chi connectivity index (χ1v) is 8.22. The van der Waals surface area contributed by atoms with Crippen molar-refractivity contribution in [1.82, 2.24) is 19.5 Å². The fraction of sp³-hybridized carbons (Fsp3) is 0.600. The Bertz CT molecular complexity index is 910. The van der Waals surface area contributed by atoms with Gasteiger partial charge in [-0.05, 0) is 0 Å². The molecule has 1 fully saturated rings. The summed E-state index contributed by atoms with van der Waals surface area (Å²) in [6.45, 7) is 2.79. The lowest BCUT2D eigenvalue weighted by Crippen LogP contribution is -2.48. The van der Waals surface area contributed by atoms with Crippen LogP contribution in [0.25, 0.3) is 11.2 Å². The maximum absolute atomic E-state index is 12.2. The Morgan fingerprint density at radius 3 is 2.85 bits per heavy atom. The third-order valence-electron chi connectivity index (χ3n) is 4.39. The smallest absolute Gasteiger partial charge is 0.280 e. The van der Waals surface area contributed by atoms with Crippen LogP contribution in [0.5, 0.6) is 0 Å². The van der Waals surface area contributed by atoms with E-state index in [2.05, 4.69) is 20.3 Å². The Balaban J connectivity index is 2.08. The zero-order chi connectivity index (χ0) is 19.9. The SMILES string of the molecule is CO[C@@]1(O)[C@H](O)[C@@H](CO)O[C@H]1n1cnc2c(=O)[nH]c(NC(=O)C(C)C)nc21. The molecule has 2 aromatic rings. The van der Waals surface area contributed by atoms with Crippen LogP contribution < -0.4 is 10.9 Å². The summed E-state index contributed by atoms with van der Waals surface area (Å²) in [4.78, 5) is 34.6. The molecule has 1 aliphatic heterocycles. The molecule has 0 aliphatic carbocycles. The van der Waals surface area contributed by atoms with Crippen molar-refractivity contribution in [2.45, 2.75) is 38.1 Å². The number of rotatable bonds is 5. The molecule has 0 aromatic carbocycles. The van der Waals surface area contributed by atoms with Gasteiger partial charge in [-0.1, -0.05) is 13.8 Å². The van der Waals surface area contributed by atoms with E-state index in [4.69, 9.17) is 9.47 Å². The predicted molar refractivity (Wildman–Crippen MR) is 90.6 cm³/mol. The van der Waals surface area contributed by atoms with Crippen LogP contribution in [0.2, 0.25) is 0 Å². The molecule has 0 unspecified atom stereocenters. The van der Waals surface area contributed by atoms with E-state index < -0.39 is 36.4 Å². The standard InChI is InChI=1S/C15H21N5O7/c1-6(2)11(23)18-14-17-10-8(12(24)19-14)16-5-20(10)13-15(25,26-3)9(22)7(4-21)27-13/h5-7,9,13,21-22,25H,4H2,1-3H3,(H2,17,18,19,23,24)/t7-,9-,13-,15+/m1/s1. The van der Waals surface area contributed by atoms with Gasteiger partial charge in [-0.25, -0.2) is 4.98 Å². The highest BCUT2D eigenvalue weighted by Gasteiger charge is 2.57. The number of aromatic amines is 1. The molecule has 3 heterocycles. The van der Waals surface area contributed by atoms with Crippen LogP contribution in [0.1, 0.15) is 20.1 Å². The fourth-order valence-electron chi connectivity index (χ4n) is 2.80. The number of amides is 1. The van der Waals surface area contributed by atoms with Crippen LogP contribution >= 0.6 is 0 Å². The van der Waals surface area contributed by atoms with Gasteiger partial charge >= 0.3 is 0 Å². The van der Waals surface area contributed by atoms with Crippen LogP contribution in [0, 0.1) is 5.92 Å². The van der Waals surface area contributed by atoms with Gasteiger partial charge in [0.1, 0.15) is 12.2 Å². The van der Waals surface area contributed by atoms with Crippen molar-refractivity contribution >= 4 is 23.0 Å². The highest BCUT2D eigenvalue weighted by atomic mass is 16.7. The number of ether oxygens (including phenoxy) is 2. The second-order valence-electron chi connectivity index (χ2n) is 6.49. The highest BCUT2D eigenvalue weighted by Crippen LogP contribution is 2.39. The maximum Gasteiger partial charge on any atom is 0.280 e. The van der Waals surface area contributed by atoms with E-state index in [-0.39, 0.29) is 28.9 Å². The first-order valence-electron chi connectivity index (χ1n) is 8.22. The second-order valence-corrected chi connectivity index (χ2v) is 6.49. The van der Waals surface area contributed by atoms with Gasteiger partial charge in [-0.2, -0.15) is 4.98 Å². The number of aromatic nitrogens is 4. The number of carbonyl (C=O) groups is 1. The molecule has 12 heteroatoms. The summed E-state index contributed by atoms with van der Waals surface area (Å²) in [6, 6.07) is 0. The molecule has 5 N–H and O–H groups in total. The number of carbonyl (C=O) groups excluding carboxylic acids is 1. The molecule has 3 rings (SSSR count). The number of H-pyrrole nitrogens is 1. The van der Waals surface area contributed by atoms with Gasteiger partial charge in [0, 0.05) is 13.0 Å². The number of aliphatic hydroxyl groups is 3. The average molecular weight is 383 g/mol. The number of hydrogen-bond donors (Lipinski definition) is 5. The second kappa shape index (κ2) is 6.98. The van der Waals surface area contributed by atoms with E-state index >= 15 is 0 Å². The fourth-order valence-corrected chi connectivity index (χ4v) is 2.80. The van der Waals surface area contributed by atoms with Crippen molar-refractivity contribution in [2.24, 2.45) is 5.92 Å². The Kier molecular flexibility index (Phi) is 5.01. The maximum atomic E-state index is 12.2. The minimum absolute atomic E-state index is 0.0101. The molecule has 1 amide bonds. The third kappa shape index (κ3) is 3.11. The highest BCUT2D eigenvalue weighted by molar-refractivity contribution is 5.91. The number of aliphatic hydroxyl groups excluding tert-OH is 2. The van der Waals surface area contributed by atoms with Gasteiger partial charge in [0.2, 0.25) is 17.6 Å². The number of anilines is 1. The normalized spacial score (nSPS) is 28.2. The Hall–Kier alpha value is -2.38. The van der Waals surface area contributed by atoms with Crippen molar-refractivity contribution in [3.05, 3.63) is 16.7 Å². The summed E-state index contributed by atoms with van der Waals surface area (Å²) in [6.07, 6.45) is -2.85. The van der Waals surface area contributed by atoms with Crippen molar-refractivity contribution in [3.8, 4) is 0 Å². The van der Waals surface area contributed by atoms with Crippen LogP contribution in [0.15, 0.2) is 11.1 Å². The van der Waals surface area contributed by atoms with Gasteiger partial charge in [0.25, 0.3) is 5.56 Å². The topological polar surface area (TPSA) is 172 Å². The molecule has 12 nitrogen and oxygen atoms in total. The number of nitrogens with one attached hydrogen (secondary N) is 2. The minimum atomic E-state index is -2.22. The molecule has 0 radical (unpaired) electrons. The average Bonchev–Trinajstić information content (AvgIpc) is 3.15. The van der Waals surface area contributed by atoms with Crippen LogP contribution in [-0.2, 0) is 14.3 Å². The molecule has 1 aliphatic rings. The van der Waals surface area contributed by atoms with Crippen molar-refractivity contribution in [3.63, 3.8) is 0 Å². The van der Waals surface area contributed by atoms with E-state index in [1.165, 1.54) is 10.9 Å². The van der Waals surface area contributed by atoms with E-state index in [1.807, 2.05) is 0 Å². The molecular weight excluding hydrogens is 362 g/mol. The number of methoxy groups -OCH3 is 1. The number of imidazole rings is 1. The largest absolute Gasteiger partial charge is 0.394 e. The molecule has 0 saturated carbocycles. The lowest BCUT2D eigenvalue weighted by molar-refractivity contribution is -0.264. The quantitative estimate of drug-likeness (QED) is 0.377. The summed E-state index contributed by atoms with van der Waals surface area (Å²) >= 11 is 0. The van der Waals surface area contributed by atoms with Crippen molar-refractivity contribution < 1.29 is 29.6 Å². The molecule has 27 heavy (non-hydrogen) atoms. The molecule has 0 spiro atoms. The lowest BCUT2D eigenvalue weighted by atomic mass is 10.1. The zero-order valence-electron chi connectivity index (χ0n) is 14.9. The van der Waals surface area contributed by atoms with Gasteiger partial charge < -0.3 is 24.8 Å². The van der Waals surface area contributed by atoms with Crippen molar-refractivity contribution in [1.29, 1.82) is 0 Å². The van der Waals surface area contributed by atoms with Gasteiger partial charge in [0.05, 0.1) is 12.9 Å². The molecule has 4 atom stereocenters. The monoisotopic (exact) mass is 383 g/mol. The van der Waals surface area contributed by atoms with E-state index in [0.29, 0.717) is 0 Å². The Morgan fingerprint density at radius 2 is 2.26 bits per heavy atom. The summed E-state index contributed by atoms with van der Waals surface area (Å²) < 4.78 is 11.7. The molecule has 2 aromatic heterocycles. The number of nitrogens with zero attached hydrogens (tertiary/aromatic N) is 3. The first-order chi connectivity index (χ1) is 12.7. The van der Waals surface area contributed by atoms with Gasteiger partial charge in [0.15, 0.2) is 17.4 Å². The van der Waals surface area contributed by atoms with Crippen LogP contribution in [0.3, 0.4) is 0 Å². The summed E-state index contributed by atoms with van der Waals surface area (Å²) in [5.74, 6) is -3.02. The Labute approximate surface area is 152 Å². The summed E-state index contributed by atoms with van der Waals surface area (Å²) in [5.41, 5.74) is -0.693. The zero-order valence-corrected chi connectivity index (χ0v) is 14.9. The van der Waals surface area contributed by atoms with E-state index in [1.54, 1.807) is 13.8 Å². The van der Waals surface area contributed by atoms with Crippen molar-refractivity contribution in [2.75, 3.05) is 19.0 Å². The number of hydrogen-bond acceptors (Lipinski definition) is 9. The summed E-state index contributed by atoms with van der Waals surface area (Å²) in [7, 11) is 1.16. The lowest BCUT2D eigenvalue weighted by Gasteiger charge is -2.29. The number of fused-ring (bicyclic) bond motifs is 1. The molecule has 0 bridgehead atoms. The van der Waals surface area contributed by atoms with E-state index in [0.717, 1.165) is 7.11 Å². The molecule has 148 valence electrons. The molecular formula is C15H21N5O7.